The first kappa shape index (κ1) is 28.3. The van der Waals surface area contributed by atoms with Crippen LogP contribution in [0.25, 0.3) is 65.7 Å². The number of rotatable bonds is 5. The Morgan fingerprint density at radius 3 is 1.58 bits per heavy atom. The second-order valence-corrected chi connectivity index (χ2v) is 14.7. The lowest BCUT2D eigenvalue weighted by Crippen LogP contribution is -2.25. The summed E-state index contributed by atoms with van der Waals surface area (Å²) in [6.07, 6.45) is 5.44. The fraction of sp³-hybridized carbons (Fsp3) is 0. The molecule has 0 aliphatic heterocycles. The molecule has 0 saturated heterocycles. The molecule has 226 valence electrons. The molecule has 0 amide bonds. The lowest BCUT2D eigenvalue weighted by Gasteiger charge is -2.20. The van der Waals surface area contributed by atoms with Crippen molar-refractivity contribution in [3.8, 4) is 22.4 Å². The average molecular weight is 634 g/mol. The number of aromatic nitrogens is 3. The van der Waals surface area contributed by atoms with E-state index in [0.29, 0.717) is 5.30 Å². The van der Waals surface area contributed by atoms with Gasteiger partial charge < -0.3 is 4.57 Å². The Kier molecular flexibility index (Phi) is 6.70. The lowest BCUT2D eigenvalue weighted by molar-refractivity contribution is 0.592. The van der Waals surface area contributed by atoms with Crippen molar-refractivity contribution in [2.24, 2.45) is 0 Å². The molecular weight excluding hydrogens is 605 g/mol. The quantitative estimate of drug-likeness (QED) is 0.140. The first-order valence-electron chi connectivity index (χ1n) is 16.0. The van der Waals surface area contributed by atoms with Crippen LogP contribution in [0.4, 0.5) is 0 Å². The SMILES string of the molecule is O=P(c1ccccc1)(c1ccccc1)c1cncc(-c2cnc3c(c2)nc(-c2ccccc2)c2c4ccccc4c4ccccc4c32)c1. The van der Waals surface area contributed by atoms with E-state index in [2.05, 4.69) is 83.8 Å². The summed E-state index contributed by atoms with van der Waals surface area (Å²) in [6.45, 7) is 0. The summed E-state index contributed by atoms with van der Waals surface area (Å²) < 4.78 is 15.1. The summed E-state index contributed by atoms with van der Waals surface area (Å²) in [5.41, 5.74) is 5.30. The first-order valence-corrected chi connectivity index (χ1v) is 17.7. The molecule has 0 aliphatic carbocycles. The van der Waals surface area contributed by atoms with Gasteiger partial charge in [0, 0.05) is 62.0 Å². The van der Waals surface area contributed by atoms with Crippen LogP contribution in [-0.2, 0) is 4.57 Å². The molecular formula is C43H28N3OP. The number of hydrogen-bond donors (Lipinski definition) is 0. The summed E-state index contributed by atoms with van der Waals surface area (Å²) in [5.74, 6) is 0. The van der Waals surface area contributed by atoms with Crippen molar-refractivity contribution in [2.75, 3.05) is 0 Å². The van der Waals surface area contributed by atoms with E-state index in [1.807, 2.05) is 85.2 Å². The second kappa shape index (κ2) is 11.4. The van der Waals surface area contributed by atoms with E-state index in [-0.39, 0.29) is 0 Å². The zero-order valence-corrected chi connectivity index (χ0v) is 26.8. The topological polar surface area (TPSA) is 55.7 Å². The molecule has 9 rings (SSSR count). The van der Waals surface area contributed by atoms with Crippen LogP contribution in [0.2, 0.25) is 0 Å². The summed E-state index contributed by atoms with van der Waals surface area (Å²) >= 11 is 0. The predicted octanol–water partition coefficient (Wildman–Crippen LogP) is 9.46. The highest BCUT2D eigenvalue weighted by Gasteiger charge is 2.30. The molecule has 4 nitrogen and oxygen atoms in total. The predicted molar refractivity (Wildman–Crippen MR) is 200 cm³/mol. The van der Waals surface area contributed by atoms with Gasteiger partial charge in [-0.2, -0.15) is 0 Å². The number of hydrogen-bond acceptors (Lipinski definition) is 4. The molecule has 0 aliphatic rings. The van der Waals surface area contributed by atoms with Crippen LogP contribution in [0.15, 0.2) is 170 Å². The molecule has 0 fully saturated rings. The molecule has 3 heterocycles. The van der Waals surface area contributed by atoms with Crippen molar-refractivity contribution in [1.29, 1.82) is 0 Å². The van der Waals surface area contributed by atoms with E-state index < -0.39 is 7.14 Å². The van der Waals surface area contributed by atoms with Crippen molar-refractivity contribution < 1.29 is 4.57 Å². The third-order valence-corrected chi connectivity index (χ3v) is 12.2. The summed E-state index contributed by atoms with van der Waals surface area (Å²) in [4.78, 5) is 15.1. The molecule has 5 heteroatoms. The molecule has 0 spiro atoms. The van der Waals surface area contributed by atoms with Crippen molar-refractivity contribution in [3.63, 3.8) is 0 Å². The van der Waals surface area contributed by atoms with Crippen LogP contribution >= 0.6 is 7.14 Å². The minimum atomic E-state index is -3.20. The highest BCUT2D eigenvalue weighted by atomic mass is 31.2. The Labute approximate surface area is 277 Å². The lowest BCUT2D eigenvalue weighted by atomic mass is 9.91. The Bertz CT molecular complexity index is 2650. The molecule has 6 aromatic carbocycles. The van der Waals surface area contributed by atoms with Crippen molar-refractivity contribution >= 4 is 66.4 Å². The standard InChI is InChI=1S/C43H28N3OP/c47-48(32-16-6-2-7-17-32,33-18-8-3-9-19-33)34-24-30(26-44-28-34)31-25-39-43(45-27-31)41-38-23-13-11-21-36(38)35-20-10-12-22-37(35)40(41)42(46-39)29-14-4-1-5-15-29/h1-28H. The third-order valence-electron chi connectivity index (χ3n) is 9.21. The van der Waals surface area contributed by atoms with Gasteiger partial charge in [-0.25, -0.2) is 4.98 Å². The molecule has 0 N–H and O–H groups in total. The van der Waals surface area contributed by atoms with E-state index in [0.717, 1.165) is 65.6 Å². The van der Waals surface area contributed by atoms with Crippen molar-refractivity contribution in [2.45, 2.75) is 0 Å². The summed E-state index contributed by atoms with van der Waals surface area (Å²) in [6, 6.07) is 51.0. The van der Waals surface area contributed by atoms with Crippen molar-refractivity contribution in [1.82, 2.24) is 15.0 Å². The molecule has 0 bridgehead atoms. The van der Waals surface area contributed by atoms with Crippen LogP contribution < -0.4 is 15.9 Å². The highest BCUT2D eigenvalue weighted by Crippen LogP contribution is 2.44. The Morgan fingerprint density at radius 2 is 0.958 bits per heavy atom. The summed E-state index contributed by atoms with van der Waals surface area (Å²) in [7, 11) is -3.20. The molecule has 48 heavy (non-hydrogen) atoms. The monoisotopic (exact) mass is 633 g/mol. The maximum Gasteiger partial charge on any atom is 0.172 e. The largest absolute Gasteiger partial charge is 0.309 e. The Balaban J connectivity index is 1.31. The van der Waals surface area contributed by atoms with Crippen LogP contribution in [0.5, 0.6) is 0 Å². The minimum Gasteiger partial charge on any atom is -0.309 e. The van der Waals surface area contributed by atoms with Gasteiger partial charge in [-0.15, -0.1) is 0 Å². The summed E-state index contributed by atoms with van der Waals surface area (Å²) in [5, 5.41) is 9.07. The van der Waals surface area contributed by atoms with Gasteiger partial charge in [0.2, 0.25) is 0 Å². The molecule has 0 unspecified atom stereocenters. The molecule has 9 aromatic rings. The normalized spacial score (nSPS) is 11.8. The van der Waals surface area contributed by atoms with E-state index >= 15 is 4.57 Å². The van der Waals surface area contributed by atoms with Gasteiger partial charge in [-0.1, -0.05) is 140 Å². The van der Waals surface area contributed by atoms with Crippen molar-refractivity contribution in [3.05, 3.63) is 170 Å². The van der Waals surface area contributed by atoms with Crippen LogP contribution in [0.3, 0.4) is 0 Å². The van der Waals surface area contributed by atoms with Gasteiger partial charge in [0.15, 0.2) is 7.14 Å². The molecule has 0 atom stereocenters. The van der Waals surface area contributed by atoms with E-state index in [9.17, 15) is 0 Å². The van der Waals surface area contributed by atoms with Crippen LogP contribution in [0.1, 0.15) is 0 Å². The smallest absolute Gasteiger partial charge is 0.172 e. The first-order chi connectivity index (χ1) is 23.7. The average Bonchev–Trinajstić information content (AvgIpc) is 3.18. The minimum absolute atomic E-state index is 0.673. The highest BCUT2D eigenvalue weighted by molar-refractivity contribution is 7.85. The maximum absolute atomic E-state index is 15.1. The number of fused-ring (bicyclic) bond motifs is 8. The van der Waals surface area contributed by atoms with Gasteiger partial charge in [-0.3, -0.25) is 9.97 Å². The van der Waals surface area contributed by atoms with E-state index in [1.165, 1.54) is 10.8 Å². The Hall–Kier alpha value is -5.96. The fourth-order valence-electron chi connectivity index (χ4n) is 6.98. The number of nitrogens with zero attached hydrogens (tertiary/aromatic N) is 3. The van der Waals surface area contributed by atoms with E-state index in [1.54, 1.807) is 6.20 Å². The fourth-order valence-corrected chi connectivity index (χ4v) is 9.61. The molecule has 0 saturated carbocycles. The number of benzene rings is 6. The van der Waals surface area contributed by atoms with Gasteiger partial charge >= 0.3 is 0 Å². The molecule has 3 aromatic heterocycles. The zero-order chi connectivity index (χ0) is 32.1. The molecule has 0 radical (unpaired) electrons. The third kappa shape index (κ3) is 4.45. The Morgan fingerprint density at radius 1 is 0.438 bits per heavy atom. The maximum atomic E-state index is 15.1. The van der Waals surface area contributed by atoms with Crippen LogP contribution in [0, 0.1) is 0 Å². The van der Waals surface area contributed by atoms with Gasteiger partial charge in [0.05, 0.1) is 16.7 Å². The van der Waals surface area contributed by atoms with Gasteiger partial charge in [-0.05, 0) is 33.7 Å². The van der Waals surface area contributed by atoms with E-state index in [4.69, 9.17) is 9.97 Å². The van der Waals surface area contributed by atoms with Crippen LogP contribution in [-0.4, -0.2) is 15.0 Å². The second-order valence-electron chi connectivity index (χ2n) is 12.0. The number of pyridine rings is 3. The zero-order valence-electron chi connectivity index (χ0n) is 25.9. The van der Waals surface area contributed by atoms with Gasteiger partial charge in [0.1, 0.15) is 0 Å². The van der Waals surface area contributed by atoms with Gasteiger partial charge in [0.25, 0.3) is 0 Å².